The van der Waals surface area contributed by atoms with Gasteiger partial charge in [-0.15, -0.1) is 0 Å². The van der Waals surface area contributed by atoms with E-state index >= 15 is 0 Å². The Morgan fingerprint density at radius 1 is 1.15 bits per heavy atom. The molecule has 9 nitrogen and oxygen atoms in total. The lowest BCUT2D eigenvalue weighted by Gasteiger charge is -2.41. The van der Waals surface area contributed by atoms with Crippen LogP contribution >= 0.6 is 0 Å². The average molecular weight is 562 g/mol. The van der Waals surface area contributed by atoms with Crippen LogP contribution in [-0.2, 0) is 23.4 Å². The molecule has 0 atom stereocenters. The maximum Gasteiger partial charge on any atom is 0.408 e. The van der Waals surface area contributed by atoms with Gasteiger partial charge in [0.05, 0.1) is 11.2 Å². The molecule has 2 aromatic heterocycles. The number of nitrogens with one attached hydrogen (secondary N) is 1. The van der Waals surface area contributed by atoms with Crippen LogP contribution in [-0.4, -0.2) is 55.5 Å². The molecule has 0 radical (unpaired) electrons. The molecule has 40 heavy (non-hydrogen) atoms. The van der Waals surface area contributed by atoms with Crippen molar-refractivity contribution < 1.29 is 27.2 Å². The Kier molecular flexibility index (Phi) is 7.42. The van der Waals surface area contributed by atoms with E-state index in [-0.39, 0.29) is 40.0 Å². The summed E-state index contributed by atoms with van der Waals surface area (Å²) in [4.78, 5) is 26.5. The van der Waals surface area contributed by atoms with Gasteiger partial charge < -0.3 is 11.1 Å². The van der Waals surface area contributed by atoms with Crippen LogP contribution in [0.1, 0.15) is 54.9 Å². The minimum Gasteiger partial charge on any atom is -0.365 e. The Bertz CT molecular complexity index is 1400. The number of carbonyl (C=O) groups is 2. The zero-order valence-electron chi connectivity index (χ0n) is 22.0. The molecule has 3 heterocycles. The molecule has 2 fully saturated rings. The Morgan fingerprint density at radius 3 is 2.48 bits per heavy atom. The highest BCUT2D eigenvalue weighted by Gasteiger charge is 2.38. The molecule has 0 spiro atoms. The van der Waals surface area contributed by atoms with E-state index in [9.17, 15) is 27.2 Å². The number of benzene rings is 1. The first-order chi connectivity index (χ1) is 19.0. The van der Waals surface area contributed by atoms with Crippen molar-refractivity contribution in [1.82, 2.24) is 24.5 Å². The number of carbonyl (C=O) groups excluding carboxylic acids is 2. The molecule has 214 valence electrons. The molecule has 1 aliphatic carbocycles. The van der Waals surface area contributed by atoms with E-state index in [1.54, 1.807) is 16.9 Å². The molecule has 13 heteroatoms. The van der Waals surface area contributed by atoms with E-state index in [1.807, 2.05) is 6.92 Å². The van der Waals surface area contributed by atoms with Crippen LogP contribution in [0.2, 0.25) is 0 Å². The number of primary amides is 1. The molecule has 2 amide bonds. The van der Waals surface area contributed by atoms with Gasteiger partial charge in [-0.25, -0.2) is 4.39 Å². The number of alkyl halides is 3. The predicted molar refractivity (Wildman–Crippen MR) is 139 cm³/mol. The second kappa shape index (κ2) is 10.7. The van der Waals surface area contributed by atoms with Crippen LogP contribution in [0.3, 0.4) is 0 Å². The molecule has 1 aromatic carbocycles. The maximum absolute atomic E-state index is 14.9. The number of nitrogens with zero attached hydrogens (tertiary/aromatic N) is 5. The van der Waals surface area contributed by atoms with E-state index in [4.69, 9.17) is 5.73 Å². The second-order valence-electron chi connectivity index (χ2n) is 10.6. The topological polar surface area (TPSA) is 111 Å². The third kappa shape index (κ3) is 6.03. The summed E-state index contributed by atoms with van der Waals surface area (Å²) in [7, 11) is 0. The summed E-state index contributed by atoms with van der Waals surface area (Å²) in [5.74, 6) is -1.20. The zero-order valence-corrected chi connectivity index (χ0v) is 22.0. The molecule has 0 bridgehead atoms. The van der Waals surface area contributed by atoms with Crippen LogP contribution in [0, 0.1) is 11.7 Å². The monoisotopic (exact) mass is 561 g/mol. The fourth-order valence-electron chi connectivity index (χ4n) is 5.23. The van der Waals surface area contributed by atoms with Crippen molar-refractivity contribution in [2.24, 2.45) is 11.7 Å². The van der Waals surface area contributed by atoms with Gasteiger partial charge >= 0.3 is 6.18 Å². The Labute approximate surface area is 228 Å². The summed E-state index contributed by atoms with van der Waals surface area (Å²) >= 11 is 0. The van der Waals surface area contributed by atoms with Gasteiger partial charge in [0.15, 0.2) is 5.82 Å². The van der Waals surface area contributed by atoms with Gasteiger partial charge in [-0.2, -0.15) is 23.4 Å². The second-order valence-corrected chi connectivity index (χ2v) is 10.6. The highest BCUT2D eigenvalue weighted by Crippen LogP contribution is 2.36. The molecule has 3 aromatic rings. The van der Waals surface area contributed by atoms with Gasteiger partial charge in [0.25, 0.3) is 5.91 Å². The maximum atomic E-state index is 14.9. The molecule has 1 saturated carbocycles. The van der Waals surface area contributed by atoms with Crippen molar-refractivity contribution in [2.45, 2.75) is 63.8 Å². The van der Waals surface area contributed by atoms with E-state index < -0.39 is 24.4 Å². The summed E-state index contributed by atoms with van der Waals surface area (Å²) < 4.78 is 55.3. The van der Waals surface area contributed by atoms with E-state index in [0.29, 0.717) is 19.6 Å². The molecule has 5 rings (SSSR count). The van der Waals surface area contributed by atoms with E-state index in [0.717, 1.165) is 42.3 Å². The molecular weight excluding hydrogens is 530 g/mol. The Hall–Kier alpha value is -3.74. The largest absolute Gasteiger partial charge is 0.408 e. The van der Waals surface area contributed by atoms with Crippen molar-refractivity contribution in [3.8, 4) is 11.3 Å². The number of aromatic nitrogens is 4. The fourth-order valence-corrected chi connectivity index (χ4v) is 5.23. The number of hydrogen-bond acceptors (Lipinski definition) is 5. The number of piperidine rings is 1. The SMILES string of the molecule is CCC1(n2cc(C(N)=O)c(NC(=O)C3CC3)n2)CCN(Cc2ccc(-c3ccn(CC(F)(F)F)n3)c(F)c2)CC1. The lowest BCUT2D eigenvalue weighted by Crippen LogP contribution is -2.45. The number of nitrogens with two attached hydrogens (primary N) is 1. The number of anilines is 1. The van der Waals surface area contributed by atoms with Crippen LogP contribution in [0.5, 0.6) is 0 Å². The number of amides is 2. The first-order valence-corrected chi connectivity index (χ1v) is 13.3. The Morgan fingerprint density at radius 2 is 1.88 bits per heavy atom. The quantitative estimate of drug-likeness (QED) is 0.379. The van der Waals surface area contributed by atoms with Crippen LogP contribution < -0.4 is 11.1 Å². The van der Waals surface area contributed by atoms with Crippen molar-refractivity contribution in [3.63, 3.8) is 0 Å². The minimum absolute atomic E-state index is 0.0418. The molecule has 0 unspecified atom stereocenters. The minimum atomic E-state index is -4.41. The zero-order chi connectivity index (χ0) is 28.7. The van der Waals surface area contributed by atoms with Crippen LogP contribution in [0.15, 0.2) is 36.7 Å². The Balaban J connectivity index is 1.24. The number of likely N-dealkylation sites (tertiary alicyclic amines) is 1. The van der Waals surface area contributed by atoms with Gasteiger partial charge in [0, 0.05) is 43.5 Å². The van der Waals surface area contributed by atoms with Gasteiger partial charge in [-0.05, 0) is 55.9 Å². The summed E-state index contributed by atoms with van der Waals surface area (Å²) in [6, 6.07) is 6.05. The smallest absolute Gasteiger partial charge is 0.365 e. The summed E-state index contributed by atoms with van der Waals surface area (Å²) in [5.41, 5.74) is 6.40. The van der Waals surface area contributed by atoms with Crippen molar-refractivity contribution >= 4 is 17.6 Å². The standard InChI is InChI=1S/C27H31F4N7O2/c1-2-26(38-15-20(23(32)39)24(35-38)33-25(40)18-4-5-18)8-11-36(12-9-26)14-17-3-6-19(21(28)13-17)22-7-10-37(34-22)16-27(29,30)31/h3,6-7,10,13,15,18H,2,4-5,8-9,11-12,14,16H2,1H3,(H2,32,39)(H,33,35,40). The first kappa shape index (κ1) is 27.8. The summed E-state index contributed by atoms with van der Waals surface area (Å²) in [6.45, 7) is 2.69. The lowest BCUT2D eigenvalue weighted by atomic mass is 9.85. The molecule has 1 saturated heterocycles. The van der Waals surface area contributed by atoms with Gasteiger partial charge in [-0.1, -0.05) is 13.0 Å². The third-order valence-corrected chi connectivity index (χ3v) is 7.80. The average Bonchev–Trinajstić information content (AvgIpc) is 3.52. The molecule has 1 aliphatic heterocycles. The van der Waals surface area contributed by atoms with Gasteiger partial charge in [0.2, 0.25) is 5.91 Å². The first-order valence-electron chi connectivity index (χ1n) is 13.3. The lowest BCUT2D eigenvalue weighted by molar-refractivity contribution is -0.142. The highest BCUT2D eigenvalue weighted by atomic mass is 19.4. The van der Waals surface area contributed by atoms with E-state index in [1.165, 1.54) is 24.4 Å². The number of hydrogen-bond donors (Lipinski definition) is 2. The third-order valence-electron chi connectivity index (χ3n) is 7.80. The van der Waals surface area contributed by atoms with Crippen molar-refractivity contribution in [2.75, 3.05) is 18.4 Å². The van der Waals surface area contributed by atoms with Gasteiger partial charge in [0.1, 0.15) is 17.9 Å². The van der Waals surface area contributed by atoms with E-state index in [2.05, 4.69) is 20.4 Å². The highest BCUT2D eigenvalue weighted by molar-refractivity contribution is 6.02. The summed E-state index contributed by atoms with van der Waals surface area (Å²) in [5, 5.41) is 11.2. The van der Waals surface area contributed by atoms with Crippen LogP contribution in [0.4, 0.5) is 23.4 Å². The number of halogens is 4. The summed E-state index contributed by atoms with van der Waals surface area (Å²) in [6.07, 6.45) is 2.23. The normalized spacial score (nSPS) is 17.6. The number of rotatable bonds is 9. The molecule has 3 N–H and O–H groups in total. The fraction of sp³-hybridized carbons (Fsp3) is 0.481. The van der Waals surface area contributed by atoms with Crippen molar-refractivity contribution in [3.05, 3.63) is 53.6 Å². The van der Waals surface area contributed by atoms with Crippen LogP contribution in [0.25, 0.3) is 11.3 Å². The van der Waals surface area contributed by atoms with Gasteiger partial charge in [-0.3, -0.25) is 23.9 Å². The molecular formula is C27H31F4N7O2. The molecule has 2 aliphatic rings. The van der Waals surface area contributed by atoms with Crippen molar-refractivity contribution in [1.29, 1.82) is 0 Å². The predicted octanol–water partition coefficient (Wildman–Crippen LogP) is 4.30.